The molecule has 8 nitrogen and oxygen atoms in total. The summed E-state index contributed by atoms with van der Waals surface area (Å²) in [4.78, 5) is 28.4. The number of hydrogen-bond donors (Lipinski definition) is 1. The van der Waals surface area contributed by atoms with Crippen LogP contribution < -0.4 is 15.0 Å². The molecule has 1 aliphatic heterocycles. The average Bonchev–Trinajstić information content (AvgIpc) is 3.01. The predicted molar refractivity (Wildman–Crippen MR) is 167 cm³/mol. The number of halogens is 2. The Hall–Kier alpha value is -3.89. The number of anilines is 1. The lowest BCUT2D eigenvalue weighted by Crippen LogP contribution is -2.53. The molecule has 0 radical (unpaired) electrons. The van der Waals surface area contributed by atoms with Crippen molar-refractivity contribution in [3.05, 3.63) is 124 Å². The number of nitrogens with one attached hydrogen (secondary N) is 1. The highest BCUT2D eigenvalue weighted by atomic mass is 35.5. The largest absolute Gasteiger partial charge is 0.477 e. The lowest BCUT2D eigenvalue weighted by Gasteiger charge is -2.35. The molecule has 0 saturated carbocycles. The number of fused-ring (bicyclic) bond motifs is 1. The van der Waals surface area contributed by atoms with E-state index in [2.05, 4.69) is 5.32 Å². The Balaban J connectivity index is 1.38. The second kappa shape index (κ2) is 13.6. The minimum absolute atomic E-state index is 0.0187. The molecule has 0 aliphatic carbocycles. The van der Waals surface area contributed by atoms with Crippen molar-refractivity contribution in [2.24, 2.45) is 0 Å². The zero-order valence-corrected chi connectivity index (χ0v) is 25.4. The third kappa shape index (κ3) is 7.37. The number of carbonyl (C=O) groups is 2. The molecule has 1 aliphatic rings. The first-order valence-corrected chi connectivity index (χ1v) is 15.8. The Kier molecular flexibility index (Phi) is 9.67. The number of hydrogen-bond acceptors (Lipinski definition) is 5. The third-order valence-electron chi connectivity index (χ3n) is 6.99. The summed E-state index contributed by atoms with van der Waals surface area (Å²) in [6, 6.07) is 29.2. The summed E-state index contributed by atoms with van der Waals surface area (Å²) in [6.45, 7) is -0.351. The second-order valence-electron chi connectivity index (χ2n) is 9.92. The maximum atomic E-state index is 13.9. The van der Waals surface area contributed by atoms with Gasteiger partial charge >= 0.3 is 0 Å². The van der Waals surface area contributed by atoms with Crippen LogP contribution in [0.25, 0.3) is 0 Å². The molecule has 222 valence electrons. The molecule has 4 aromatic rings. The number of sulfonamides is 1. The number of rotatable bonds is 10. The van der Waals surface area contributed by atoms with Crippen LogP contribution in [-0.2, 0) is 32.6 Å². The van der Waals surface area contributed by atoms with Crippen molar-refractivity contribution in [2.75, 3.05) is 24.5 Å². The first kappa shape index (κ1) is 30.6. The third-order valence-corrected chi connectivity index (χ3v) is 9.42. The van der Waals surface area contributed by atoms with Gasteiger partial charge in [-0.15, -0.1) is 0 Å². The maximum absolute atomic E-state index is 13.9. The molecule has 43 heavy (non-hydrogen) atoms. The van der Waals surface area contributed by atoms with E-state index in [1.807, 2.05) is 30.3 Å². The molecular weight excluding hydrogens is 609 g/mol. The van der Waals surface area contributed by atoms with Crippen molar-refractivity contribution < 1.29 is 22.7 Å². The first-order chi connectivity index (χ1) is 20.7. The molecule has 0 fully saturated rings. The van der Waals surface area contributed by atoms with Crippen LogP contribution >= 0.6 is 23.2 Å². The van der Waals surface area contributed by atoms with Gasteiger partial charge in [0.25, 0.3) is 5.91 Å². The van der Waals surface area contributed by atoms with Gasteiger partial charge in [-0.2, -0.15) is 4.31 Å². The zero-order valence-electron chi connectivity index (χ0n) is 23.0. The van der Waals surface area contributed by atoms with Gasteiger partial charge in [-0.25, -0.2) is 8.42 Å². The summed E-state index contributed by atoms with van der Waals surface area (Å²) in [5.41, 5.74) is 2.06. The number of amides is 2. The second-order valence-corrected chi connectivity index (χ2v) is 12.7. The summed E-state index contributed by atoms with van der Waals surface area (Å²) in [5, 5.41) is 3.64. The Morgan fingerprint density at radius 1 is 0.884 bits per heavy atom. The SMILES string of the molecule is O=C(NCCc1ccccc1)C1CN(C(=O)CN(Cc2ccccc2Cl)S(=O)(=O)c2ccc(Cl)cc2)c2ccccc2O1. The van der Waals surface area contributed by atoms with Crippen molar-refractivity contribution in [1.82, 2.24) is 9.62 Å². The van der Waals surface area contributed by atoms with E-state index < -0.39 is 28.6 Å². The summed E-state index contributed by atoms with van der Waals surface area (Å²) >= 11 is 12.4. The minimum atomic E-state index is -4.15. The van der Waals surface area contributed by atoms with E-state index in [0.29, 0.717) is 40.0 Å². The van der Waals surface area contributed by atoms with Crippen LogP contribution in [0.4, 0.5) is 5.69 Å². The van der Waals surface area contributed by atoms with Crippen LogP contribution in [0.2, 0.25) is 10.0 Å². The monoisotopic (exact) mass is 637 g/mol. The van der Waals surface area contributed by atoms with Gasteiger partial charge in [0.1, 0.15) is 5.75 Å². The van der Waals surface area contributed by atoms with Crippen molar-refractivity contribution in [1.29, 1.82) is 0 Å². The van der Waals surface area contributed by atoms with Gasteiger partial charge in [-0.05, 0) is 60.0 Å². The topological polar surface area (TPSA) is 96.0 Å². The van der Waals surface area contributed by atoms with Gasteiger partial charge in [0, 0.05) is 23.1 Å². The fourth-order valence-corrected chi connectivity index (χ4v) is 6.42. The summed E-state index contributed by atoms with van der Waals surface area (Å²) in [5.74, 6) is -0.545. The first-order valence-electron chi connectivity index (χ1n) is 13.6. The number of ether oxygens (including phenoxy) is 1. The van der Waals surface area contributed by atoms with Gasteiger partial charge in [0.2, 0.25) is 15.9 Å². The van der Waals surface area contributed by atoms with Gasteiger partial charge in [-0.1, -0.05) is 83.9 Å². The van der Waals surface area contributed by atoms with E-state index in [9.17, 15) is 18.0 Å². The predicted octanol–water partition coefficient (Wildman–Crippen LogP) is 5.34. The molecule has 1 unspecified atom stereocenters. The molecule has 0 bridgehead atoms. The normalized spacial score (nSPS) is 14.6. The van der Waals surface area contributed by atoms with E-state index in [-0.39, 0.29) is 23.9 Å². The molecule has 1 N–H and O–H groups in total. The summed E-state index contributed by atoms with van der Waals surface area (Å²) < 4.78 is 34.7. The molecule has 11 heteroatoms. The number of benzene rings is 4. The van der Waals surface area contributed by atoms with Crippen molar-refractivity contribution in [3.8, 4) is 5.75 Å². The van der Waals surface area contributed by atoms with Crippen molar-refractivity contribution in [2.45, 2.75) is 24.0 Å². The lowest BCUT2D eigenvalue weighted by molar-refractivity contribution is -0.128. The van der Waals surface area contributed by atoms with E-state index in [0.717, 1.165) is 9.87 Å². The molecular formula is C32H29Cl2N3O5S. The van der Waals surface area contributed by atoms with E-state index in [1.54, 1.807) is 48.5 Å². The highest BCUT2D eigenvalue weighted by Crippen LogP contribution is 2.34. The smallest absolute Gasteiger partial charge is 0.262 e. The number of carbonyl (C=O) groups excluding carboxylic acids is 2. The fourth-order valence-electron chi connectivity index (χ4n) is 4.73. The highest BCUT2D eigenvalue weighted by Gasteiger charge is 2.36. The fraction of sp³-hybridized carbons (Fsp3) is 0.188. The van der Waals surface area contributed by atoms with Crippen LogP contribution in [0.5, 0.6) is 5.75 Å². The average molecular weight is 639 g/mol. The molecule has 4 aromatic carbocycles. The van der Waals surface area contributed by atoms with Gasteiger partial charge < -0.3 is 15.0 Å². The molecule has 1 atom stereocenters. The Labute approximate surface area is 260 Å². The van der Waals surface area contributed by atoms with Crippen LogP contribution in [-0.4, -0.2) is 50.3 Å². The number of para-hydroxylation sites is 2. The maximum Gasteiger partial charge on any atom is 0.262 e. The summed E-state index contributed by atoms with van der Waals surface area (Å²) in [7, 11) is -4.15. The molecule has 0 saturated heterocycles. The van der Waals surface area contributed by atoms with Crippen molar-refractivity contribution >= 4 is 50.7 Å². The standard InChI is InChI=1S/C32H29Cl2N3O5S/c33-25-14-16-26(17-15-25)43(40,41)36(20-24-10-4-5-11-27(24)34)22-31(38)37-21-30(42-29-13-7-6-12-28(29)37)32(39)35-19-18-23-8-2-1-3-9-23/h1-17,30H,18-22H2,(H,35,39). The van der Waals surface area contributed by atoms with Gasteiger partial charge in [0.05, 0.1) is 23.7 Å². The molecule has 0 aromatic heterocycles. The zero-order chi connectivity index (χ0) is 30.4. The molecule has 0 spiro atoms. The van der Waals surface area contributed by atoms with Crippen LogP contribution in [0.1, 0.15) is 11.1 Å². The Morgan fingerprint density at radius 3 is 2.30 bits per heavy atom. The van der Waals surface area contributed by atoms with E-state index >= 15 is 0 Å². The Morgan fingerprint density at radius 2 is 1.56 bits per heavy atom. The number of nitrogens with zero attached hydrogens (tertiary/aromatic N) is 2. The van der Waals surface area contributed by atoms with E-state index in [1.165, 1.54) is 29.2 Å². The van der Waals surface area contributed by atoms with Crippen LogP contribution in [0.15, 0.2) is 108 Å². The quantitative estimate of drug-likeness (QED) is 0.253. The summed E-state index contributed by atoms with van der Waals surface area (Å²) in [6.07, 6.45) is -0.350. The Bertz CT molecular complexity index is 1700. The minimum Gasteiger partial charge on any atom is -0.477 e. The van der Waals surface area contributed by atoms with Crippen LogP contribution in [0, 0.1) is 0 Å². The lowest BCUT2D eigenvalue weighted by atomic mass is 10.1. The van der Waals surface area contributed by atoms with E-state index in [4.69, 9.17) is 27.9 Å². The molecule has 5 rings (SSSR count). The molecule has 1 heterocycles. The van der Waals surface area contributed by atoms with Crippen LogP contribution in [0.3, 0.4) is 0 Å². The van der Waals surface area contributed by atoms with Crippen molar-refractivity contribution in [3.63, 3.8) is 0 Å². The molecule has 2 amide bonds. The van der Waals surface area contributed by atoms with Gasteiger partial charge in [0.15, 0.2) is 6.10 Å². The highest BCUT2D eigenvalue weighted by molar-refractivity contribution is 7.89. The van der Waals surface area contributed by atoms with Gasteiger partial charge in [-0.3, -0.25) is 9.59 Å².